The van der Waals surface area contributed by atoms with Crippen molar-refractivity contribution >= 4 is 22.9 Å². The molecule has 1 aromatic rings. The second-order valence-corrected chi connectivity index (χ2v) is 3.25. The van der Waals surface area contributed by atoms with Crippen molar-refractivity contribution in [1.29, 1.82) is 0 Å². The molecule has 1 rings (SSSR count). The lowest BCUT2D eigenvalue weighted by Crippen LogP contribution is -2.04. The third-order valence-corrected chi connectivity index (χ3v) is 1.96. The summed E-state index contributed by atoms with van der Waals surface area (Å²) in [6.07, 6.45) is 0. The van der Waals surface area contributed by atoms with Gasteiger partial charge in [-0.15, -0.1) is 11.3 Å². The molecule has 0 spiro atoms. The highest BCUT2D eigenvalue weighted by atomic mass is 35.5. The Labute approximate surface area is 62.7 Å². The third-order valence-electron chi connectivity index (χ3n) is 0.960. The lowest BCUT2D eigenvalue weighted by molar-refractivity contribution is 0.790. The summed E-state index contributed by atoms with van der Waals surface area (Å²) in [6.45, 7) is 1.88. The van der Waals surface area contributed by atoms with Crippen LogP contribution in [0.15, 0.2) is 5.38 Å². The maximum Gasteiger partial charge on any atom is 0.183 e. The van der Waals surface area contributed by atoms with E-state index in [2.05, 4.69) is 4.98 Å². The molecule has 0 saturated carbocycles. The Morgan fingerprint density at radius 3 is 2.78 bits per heavy atom. The van der Waals surface area contributed by atoms with Crippen molar-refractivity contribution in [2.24, 2.45) is 5.73 Å². The zero-order valence-corrected chi connectivity index (χ0v) is 6.54. The van der Waals surface area contributed by atoms with Gasteiger partial charge in [-0.2, -0.15) is 0 Å². The fraction of sp³-hybridized carbons (Fsp3) is 0.400. The predicted molar refractivity (Wildman–Crippen MR) is 39.7 cm³/mol. The second-order valence-electron chi connectivity index (χ2n) is 1.81. The highest BCUT2D eigenvalue weighted by Gasteiger charge is 2.02. The highest BCUT2D eigenvalue weighted by Crippen LogP contribution is 2.18. The molecule has 4 heteroatoms. The van der Waals surface area contributed by atoms with E-state index in [1.807, 2.05) is 12.3 Å². The van der Waals surface area contributed by atoms with Gasteiger partial charge >= 0.3 is 0 Å². The smallest absolute Gasteiger partial charge is 0.183 e. The van der Waals surface area contributed by atoms with Crippen molar-refractivity contribution < 1.29 is 0 Å². The van der Waals surface area contributed by atoms with E-state index in [1.165, 1.54) is 11.3 Å². The monoisotopic (exact) mass is 162 g/mol. The minimum absolute atomic E-state index is 0.00579. The van der Waals surface area contributed by atoms with Crippen molar-refractivity contribution in [2.75, 3.05) is 0 Å². The number of nitrogens with zero attached hydrogens (tertiary/aromatic N) is 1. The summed E-state index contributed by atoms with van der Waals surface area (Å²) in [4.78, 5) is 3.97. The van der Waals surface area contributed by atoms with Gasteiger partial charge in [-0.1, -0.05) is 11.6 Å². The summed E-state index contributed by atoms with van der Waals surface area (Å²) in [5.41, 5.74) is 6.38. The fourth-order valence-electron chi connectivity index (χ4n) is 0.472. The van der Waals surface area contributed by atoms with Crippen LogP contribution in [-0.4, -0.2) is 4.98 Å². The molecule has 1 heterocycles. The number of hydrogen-bond donors (Lipinski definition) is 1. The topological polar surface area (TPSA) is 38.9 Å². The number of nitrogens with two attached hydrogens (primary N) is 1. The Kier molecular flexibility index (Phi) is 2.05. The van der Waals surface area contributed by atoms with Crippen molar-refractivity contribution in [3.8, 4) is 0 Å². The van der Waals surface area contributed by atoms with E-state index in [-0.39, 0.29) is 6.04 Å². The first-order valence-corrected chi connectivity index (χ1v) is 3.82. The summed E-state index contributed by atoms with van der Waals surface area (Å²) >= 11 is 6.96. The predicted octanol–water partition coefficient (Wildman–Crippen LogP) is 1.82. The van der Waals surface area contributed by atoms with Gasteiger partial charge in [0.2, 0.25) is 0 Å². The van der Waals surface area contributed by atoms with Gasteiger partial charge in [-0.3, -0.25) is 0 Å². The first-order valence-electron chi connectivity index (χ1n) is 2.56. The molecule has 0 fully saturated rings. The van der Waals surface area contributed by atoms with Gasteiger partial charge in [-0.25, -0.2) is 4.98 Å². The number of thiazole rings is 1. The van der Waals surface area contributed by atoms with Crippen molar-refractivity contribution in [3.63, 3.8) is 0 Å². The summed E-state index contributed by atoms with van der Waals surface area (Å²) in [6, 6.07) is -0.00579. The molecule has 1 unspecified atom stereocenters. The van der Waals surface area contributed by atoms with Crippen molar-refractivity contribution in [2.45, 2.75) is 13.0 Å². The summed E-state index contributed by atoms with van der Waals surface area (Å²) in [5, 5.41) is 1.87. The Morgan fingerprint density at radius 2 is 2.56 bits per heavy atom. The van der Waals surface area contributed by atoms with Gasteiger partial charge < -0.3 is 5.73 Å². The lowest BCUT2D eigenvalue weighted by atomic mass is 10.3. The molecule has 50 valence electrons. The molecular weight excluding hydrogens is 156 g/mol. The summed E-state index contributed by atoms with van der Waals surface area (Å²) in [5.74, 6) is 0. The maximum atomic E-state index is 5.56. The van der Waals surface area contributed by atoms with Crippen LogP contribution in [0.2, 0.25) is 4.47 Å². The zero-order chi connectivity index (χ0) is 6.85. The van der Waals surface area contributed by atoms with Crippen molar-refractivity contribution in [3.05, 3.63) is 15.5 Å². The second kappa shape index (κ2) is 2.64. The van der Waals surface area contributed by atoms with Crippen LogP contribution in [0.25, 0.3) is 0 Å². The number of rotatable bonds is 1. The molecule has 0 amide bonds. The lowest BCUT2D eigenvalue weighted by Gasteiger charge is -1.95. The molecule has 0 aliphatic rings. The number of aromatic nitrogens is 1. The molecule has 0 aromatic carbocycles. The van der Waals surface area contributed by atoms with Crippen LogP contribution < -0.4 is 5.73 Å². The normalized spacial score (nSPS) is 13.7. The minimum Gasteiger partial charge on any atom is -0.323 e. The standard InChI is InChI=1S/C5H7ClN2S/c1-3(7)4-2-9-5(6)8-4/h2-3H,7H2,1H3. The Bertz CT molecular complexity index is 197. The van der Waals surface area contributed by atoms with Crippen LogP contribution in [0, 0.1) is 0 Å². The van der Waals surface area contributed by atoms with Crippen LogP contribution in [0.1, 0.15) is 18.7 Å². The van der Waals surface area contributed by atoms with E-state index in [9.17, 15) is 0 Å². The van der Waals surface area contributed by atoms with E-state index in [4.69, 9.17) is 17.3 Å². The van der Waals surface area contributed by atoms with Crippen LogP contribution in [0.3, 0.4) is 0 Å². The van der Waals surface area contributed by atoms with Crippen molar-refractivity contribution in [1.82, 2.24) is 4.98 Å². The van der Waals surface area contributed by atoms with Crippen LogP contribution >= 0.6 is 22.9 Å². The van der Waals surface area contributed by atoms with E-state index >= 15 is 0 Å². The maximum absolute atomic E-state index is 5.56. The number of hydrogen-bond acceptors (Lipinski definition) is 3. The third kappa shape index (κ3) is 1.64. The molecule has 9 heavy (non-hydrogen) atoms. The van der Waals surface area contributed by atoms with Gasteiger partial charge in [0.15, 0.2) is 4.47 Å². The van der Waals surface area contributed by atoms with E-state index in [0.717, 1.165) is 5.69 Å². The van der Waals surface area contributed by atoms with Gasteiger partial charge in [0.25, 0.3) is 0 Å². The van der Waals surface area contributed by atoms with Gasteiger partial charge in [0, 0.05) is 11.4 Å². The molecule has 0 saturated heterocycles. The SMILES string of the molecule is CC(N)c1csc(Cl)n1. The van der Waals surface area contributed by atoms with Gasteiger partial charge in [0.1, 0.15) is 0 Å². The molecule has 0 radical (unpaired) electrons. The molecule has 1 atom stereocenters. The van der Waals surface area contributed by atoms with E-state index in [1.54, 1.807) is 0 Å². The summed E-state index contributed by atoms with van der Waals surface area (Å²) < 4.78 is 0.558. The first kappa shape index (κ1) is 6.99. The highest BCUT2D eigenvalue weighted by molar-refractivity contribution is 7.13. The molecule has 1 aromatic heterocycles. The zero-order valence-electron chi connectivity index (χ0n) is 4.97. The molecule has 2 N–H and O–H groups in total. The van der Waals surface area contributed by atoms with E-state index in [0.29, 0.717) is 4.47 Å². The average Bonchev–Trinajstić information content (AvgIpc) is 2.14. The number of halogens is 1. The fourth-order valence-corrected chi connectivity index (χ4v) is 1.35. The molecule has 0 aliphatic carbocycles. The Balaban J connectivity index is 2.85. The summed E-state index contributed by atoms with van der Waals surface area (Å²) in [7, 11) is 0. The van der Waals surface area contributed by atoms with Crippen LogP contribution in [0.4, 0.5) is 0 Å². The average molecular weight is 163 g/mol. The Morgan fingerprint density at radius 1 is 1.89 bits per heavy atom. The quantitative estimate of drug-likeness (QED) is 0.684. The first-order chi connectivity index (χ1) is 4.20. The van der Waals surface area contributed by atoms with Crippen LogP contribution in [-0.2, 0) is 0 Å². The molecule has 2 nitrogen and oxygen atoms in total. The van der Waals surface area contributed by atoms with Crippen LogP contribution in [0.5, 0.6) is 0 Å². The van der Waals surface area contributed by atoms with E-state index < -0.39 is 0 Å². The molecule has 0 bridgehead atoms. The minimum atomic E-state index is -0.00579. The van der Waals surface area contributed by atoms with Gasteiger partial charge in [0.05, 0.1) is 5.69 Å². The molecule has 0 aliphatic heterocycles. The van der Waals surface area contributed by atoms with Gasteiger partial charge in [-0.05, 0) is 6.92 Å². The molecular formula is C5H7ClN2S. The largest absolute Gasteiger partial charge is 0.323 e. The Hall–Kier alpha value is -0.120.